The molecule has 39 heavy (non-hydrogen) atoms. The molecule has 0 aliphatic heterocycles. The fourth-order valence-corrected chi connectivity index (χ4v) is 6.91. The van der Waals surface area contributed by atoms with Gasteiger partial charge in [-0.3, -0.25) is 0 Å². The number of rotatable bonds is 2. The highest BCUT2D eigenvalue weighted by atomic mass is 14.4. The van der Waals surface area contributed by atoms with Gasteiger partial charge in [0.05, 0.1) is 11.6 Å². The Morgan fingerprint density at radius 3 is 1.87 bits per heavy atom. The van der Waals surface area contributed by atoms with Gasteiger partial charge in [0, 0.05) is 5.41 Å². The van der Waals surface area contributed by atoms with Crippen molar-refractivity contribution in [2.75, 3.05) is 0 Å². The number of nitriles is 1. The topological polar surface area (TPSA) is 23.8 Å². The van der Waals surface area contributed by atoms with E-state index in [2.05, 4.69) is 129 Å². The molecule has 0 radical (unpaired) electrons. The van der Waals surface area contributed by atoms with Crippen molar-refractivity contribution in [3.8, 4) is 61.7 Å². The van der Waals surface area contributed by atoms with Gasteiger partial charge in [-0.15, -0.1) is 0 Å². The third-order valence-electron chi connectivity index (χ3n) is 8.86. The van der Waals surface area contributed by atoms with Gasteiger partial charge >= 0.3 is 0 Å². The maximum absolute atomic E-state index is 9.46. The lowest BCUT2D eigenvalue weighted by molar-refractivity contribution is 0.660. The van der Waals surface area contributed by atoms with Crippen LogP contribution in [0, 0.1) is 11.3 Å². The van der Waals surface area contributed by atoms with Crippen LogP contribution < -0.4 is 0 Å². The number of nitrogens with zero attached hydrogens (tertiary/aromatic N) is 1. The molecule has 0 unspecified atom stereocenters. The lowest BCUT2D eigenvalue weighted by atomic mass is 9.81. The van der Waals surface area contributed by atoms with Crippen LogP contribution >= 0.6 is 0 Å². The molecule has 0 amide bonds. The summed E-state index contributed by atoms with van der Waals surface area (Å²) in [6.07, 6.45) is 0. The molecule has 0 spiro atoms. The first-order valence-corrected chi connectivity index (χ1v) is 13.5. The molecule has 2 aliphatic rings. The number of fused-ring (bicyclic) bond motifs is 6. The average Bonchev–Trinajstić information content (AvgIpc) is 3.43. The van der Waals surface area contributed by atoms with E-state index in [0.29, 0.717) is 0 Å². The van der Waals surface area contributed by atoms with Gasteiger partial charge in [0.15, 0.2) is 0 Å². The Morgan fingerprint density at radius 1 is 0.487 bits per heavy atom. The van der Waals surface area contributed by atoms with E-state index < -0.39 is 0 Å². The molecule has 0 bridgehead atoms. The highest BCUT2D eigenvalue weighted by molar-refractivity contribution is 6.18. The molecule has 0 heterocycles. The standard InChI is InChI=1S/C38H25N/c1-38(2)35-19-23(22-39)13-15-30(35)31-16-14-25(21-36(31)38)24-7-5-8-26(20-24)27-17-18-34-29-10-4-3-9-28(29)33-12-6-11-32(27)37(33)34/h3-21H,1-2H3. The predicted octanol–water partition coefficient (Wildman–Crippen LogP) is 10.00. The zero-order valence-corrected chi connectivity index (χ0v) is 21.9. The second-order valence-electron chi connectivity index (χ2n) is 11.3. The summed E-state index contributed by atoms with van der Waals surface area (Å²) >= 11 is 0. The number of benzene rings is 6. The molecule has 2 aliphatic carbocycles. The normalized spacial score (nSPS) is 13.6. The average molecular weight is 496 g/mol. The molecule has 0 aromatic heterocycles. The van der Waals surface area contributed by atoms with Crippen molar-refractivity contribution in [2.24, 2.45) is 0 Å². The molecule has 0 saturated heterocycles. The highest BCUT2D eigenvalue weighted by Crippen LogP contribution is 2.51. The van der Waals surface area contributed by atoms with Crippen molar-refractivity contribution in [2.45, 2.75) is 19.3 Å². The monoisotopic (exact) mass is 495 g/mol. The molecule has 0 N–H and O–H groups in total. The maximum Gasteiger partial charge on any atom is 0.0991 e. The number of hydrogen-bond acceptors (Lipinski definition) is 1. The van der Waals surface area contributed by atoms with Gasteiger partial charge in [-0.05, 0) is 102 Å². The van der Waals surface area contributed by atoms with Crippen LogP contribution in [0.15, 0.2) is 115 Å². The summed E-state index contributed by atoms with van der Waals surface area (Å²) in [4.78, 5) is 0. The molecule has 0 fully saturated rings. The lowest BCUT2D eigenvalue weighted by Gasteiger charge is -2.22. The van der Waals surface area contributed by atoms with Crippen LogP contribution in [0.4, 0.5) is 0 Å². The third-order valence-corrected chi connectivity index (χ3v) is 8.86. The van der Waals surface area contributed by atoms with Gasteiger partial charge < -0.3 is 0 Å². The maximum atomic E-state index is 9.46. The zero-order chi connectivity index (χ0) is 26.3. The molecular weight excluding hydrogens is 470 g/mol. The number of hydrogen-bond donors (Lipinski definition) is 0. The summed E-state index contributed by atoms with van der Waals surface area (Å²) < 4.78 is 0. The van der Waals surface area contributed by atoms with Crippen molar-refractivity contribution in [1.82, 2.24) is 0 Å². The van der Waals surface area contributed by atoms with Crippen molar-refractivity contribution < 1.29 is 0 Å². The van der Waals surface area contributed by atoms with E-state index in [0.717, 1.165) is 5.56 Å². The Bertz CT molecular complexity index is 2020. The Hall–Kier alpha value is -4.93. The Labute approximate surface area is 228 Å². The van der Waals surface area contributed by atoms with Gasteiger partial charge in [0.1, 0.15) is 0 Å². The zero-order valence-electron chi connectivity index (χ0n) is 21.9. The van der Waals surface area contributed by atoms with Crippen LogP contribution in [0.3, 0.4) is 0 Å². The summed E-state index contributed by atoms with van der Waals surface area (Å²) in [6, 6.07) is 44.2. The lowest BCUT2D eigenvalue weighted by Crippen LogP contribution is -2.15. The molecule has 182 valence electrons. The molecule has 8 rings (SSSR count). The van der Waals surface area contributed by atoms with E-state index in [1.165, 1.54) is 77.5 Å². The van der Waals surface area contributed by atoms with Gasteiger partial charge in [0.2, 0.25) is 0 Å². The van der Waals surface area contributed by atoms with E-state index in [9.17, 15) is 5.26 Å². The van der Waals surface area contributed by atoms with Crippen molar-refractivity contribution in [3.05, 3.63) is 132 Å². The Morgan fingerprint density at radius 2 is 1.08 bits per heavy atom. The minimum absolute atomic E-state index is 0.155. The molecule has 6 aromatic rings. The van der Waals surface area contributed by atoms with Crippen molar-refractivity contribution in [3.63, 3.8) is 0 Å². The SMILES string of the molecule is CC1(C)c2cc(C#N)ccc2-c2ccc(-c3cccc(-c4ccc5c6c(cccc46)-c4ccccc4-5)c3)cc21. The van der Waals surface area contributed by atoms with E-state index in [4.69, 9.17) is 0 Å². The fraction of sp³-hybridized carbons (Fsp3) is 0.0789. The van der Waals surface area contributed by atoms with Crippen LogP contribution in [0.25, 0.3) is 66.4 Å². The Kier molecular flexibility index (Phi) is 4.41. The van der Waals surface area contributed by atoms with E-state index in [1.807, 2.05) is 6.07 Å². The first kappa shape index (κ1) is 22.1. The van der Waals surface area contributed by atoms with Crippen molar-refractivity contribution in [1.29, 1.82) is 5.26 Å². The van der Waals surface area contributed by atoms with Gasteiger partial charge in [0.25, 0.3) is 0 Å². The highest BCUT2D eigenvalue weighted by Gasteiger charge is 2.35. The van der Waals surface area contributed by atoms with E-state index in [1.54, 1.807) is 0 Å². The minimum Gasteiger partial charge on any atom is -0.192 e. The van der Waals surface area contributed by atoms with Crippen molar-refractivity contribution >= 4 is 10.8 Å². The third kappa shape index (κ3) is 3.01. The van der Waals surface area contributed by atoms with Crippen LogP contribution in [-0.4, -0.2) is 0 Å². The first-order valence-electron chi connectivity index (χ1n) is 13.5. The van der Waals surface area contributed by atoms with Crippen LogP contribution in [-0.2, 0) is 5.41 Å². The molecule has 0 atom stereocenters. The second-order valence-corrected chi connectivity index (χ2v) is 11.3. The van der Waals surface area contributed by atoms with Gasteiger partial charge in [-0.2, -0.15) is 5.26 Å². The molecule has 1 nitrogen and oxygen atoms in total. The minimum atomic E-state index is -0.155. The molecule has 0 saturated carbocycles. The largest absolute Gasteiger partial charge is 0.192 e. The van der Waals surface area contributed by atoms with Crippen LogP contribution in [0.1, 0.15) is 30.5 Å². The summed E-state index contributed by atoms with van der Waals surface area (Å²) in [5, 5.41) is 12.1. The van der Waals surface area contributed by atoms with Gasteiger partial charge in [-0.25, -0.2) is 0 Å². The molecule has 1 heteroatoms. The quantitative estimate of drug-likeness (QED) is 0.234. The molecule has 6 aromatic carbocycles. The summed E-state index contributed by atoms with van der Waals surface area (Å²) in [5.74, 6) is 0. The summed E-state index contributed by atoms with van der Waals surface area (Å²) in [5.41, 5.74) is 15.9. The first-order chi connectivity index (χ1) is 19.0. The van der Waals surface area contributed by atoms with E-state index in [-0.39, 0.29) is 5.41 Å². The predicted molar refractivity (Wildman–Crippen MR) is 162 cm³/mol. The van der Waals surface area contributed by atoms with Crippen LogP contribution in [0.2, 0.25) is 0 Å². The second kappa shape index (κ2) is 7.79. The van der Waals surface area contributed by atoms with Gasteiger partial charge in [-0.1, -0.05) is 105 Å². The van der Waals surface area contributed by atoms with E-state index >= 15 is 0 Å². The fourth-order valence-electron chi connectivity index (χ4n) is 6.91. The Balaban J connectivity index is 1.25. The summed E-state index contributed by atoms with van der Waals surface area (Å²) in [6.45, 7) is 4.54. The smallest absolute Gasteiger partial charge is 0.0991 e. The van der Waals surface area contributed by atoms with Crippen LogP contribution in [0.5, 0.6) is 0 Å². The summed E-state index contributed by atoms with van der Waals surface area (Å²) in [7, 11) is 0. The molecular formula is C38H25N.